The summed E-state index contributed by atoms with van der Waals surface area (Å²) in [5, 5.41) is 4.80. The topological polar surface area (TPSA) is 38.9 Å². The molecule has 0 radical (unpaired) electrons. The van der Waals surface area contributed by atoms with Crippen LogP contribution in [0.2, 0.25) is 0 Å². The van der Waals surface area contributed by atoms with Crippen LogP contribution in [0.3, 0.4) is 0 Å². The summed E-state index contributed by atoms with van der Waals surface area (Å²) >= 11 is 1.84. The fourth-order valence-corrected chi connectivity index (χ4v) is 9.01. The van der Waals surface area contributed by atoms with E-state index in [-0.39, 0.29) is 0 Å². The average molecular weight is 733 g/mol. The normalized spacial score (nSPS) is 11.6. The Kier molecular flexibility index (Phi) is 7.68. The van der Waals surface area contributed by atoms with Gasteiger partial charge in [0.2, 0.25) is 0 Å². The van der Waals surface area contributed by atoms with Gasteiger partial charge in [0, 0.05) is 53.2 Å². The first-order chi connectivity index (χ1) is 27.7. The number of aromatic nitrogens is 2. The first-order valence-corrected chi connectivity index (χ1v) is 19.6. The van der Waals surface area contributed by atoms with Gasteiger partial charge in [0.1, 0.15) is 11.2 Å². The molecule has 3 aromatic heterocycles. The van der Waals surface area contributed by atoms with Gasteiger partial charge >= 0.3 is 0 Å². The van der Waals surface area contributed by atoms with Crippen LogP contribution in [-0.2, 0) is 0 Å². The van der Waals surface area contributed by atoms with Crippen LogP contribution in [0.4, 0.5) is 0 Å². The molecule has 56 heavy (non-hydrogen) atoms. The van der Waals surface area contributed by atoms with Gasteiger partial charge < -0.3 is 4.42 Å². The molecule has 0 aliphatic carbocycles. The fourth-order valence-electron chi connectivity index (χ4n) is 7.93. The average Bonchev–Trinajstić information content (AvgIpc) is 3.85. The minimum absolute atomic E-state index is 0.681. The second-order valence-electron chi connectivity index (χ2n) is 14.2. The highest BCUT2D eigenvalue weighted by atomic mass is 32.1. The summed E-state index contributed by atoms with van der Waals surface area (Å²) in [6, 6.07) is 68.6. The quantitative estimate of drug-likeness (QED) is 0.171. The third-order valence-corrected chi connectivity index (χ3v) is 11.8. The summed E-state index contributed by atoms with van der Waals surface area (Å²) in [4.78, 5) is 10.5. The molecule has 3 nitrogen and oxygen atoms in total. The van der Waals surface area contributed by atoms with Crippen molar-refractivity contribution in [3.05, 3.63) is 194 Å². The van der Waals surface area contributed by atoms with E-state index in [0.717, 1.165) is 77.8 Å². The largest absolute Gasteiger partial charge is 0.455 e. The lowest BCUT2D eigenvalue weighted by Gasteiger charge is -2.14. The Labute approximate surface area is 327 Å². The van der Waals surface area contributed by atoms with E-state index < -0.39 is 0 Å². The highest BCUT2D eigenvalue weighted by Crippen LogP contribution is 2.41. The molecule has 0 aliphatic rings. The van der Waals surface area contributed by atoms with Gasteiger partial charge in [0.25, 0.3) is 0 Å². The van der Waals surface area contributed by atoms with Gasteiger partial charge in [0.05, 0.1) is 11.4 Å². The molecule has 0 spiro atoms. The van der Waals surface area contributed by atoms with Crippen LogP contribution in [0.1, 0.15) is 0 Å². The smallest absolute Gasteiger partial charge is 0.160 e. The molecule has 0 unspecified atom stereocenters. The first kappa shape index (κ1) is 32.3. The van der Waals surface area contributed by atoms with E-state index in [1.165, 1.54) is 25.7 Å². The predicted molar refractivity (Wildman–Crippen MR) is 235 cm³/mol. The Morgan fingerprint density at radius 1 is 0.339 bits per heavy atom. The van der Waals surface area contributed by atoms with Crippen molar-refractivity contribution in [2.24, 2.45) is 0 Å². The molecule has 0 aliphatic heterocycles. The van der Waals surface area contributed by atoms with E-state index in [1.807, 2.05) is 41.7 Å². The van der Waals surface area contributed by atoms with Gasteiger partial charge in [-0.25, -0.2) is 9.97 Å². The second kappa shape index (κ2) is 13.3. The molecule has 0 N–H and O–H groups in total. The summed E-state index contributed by atoms with van der Waals surface area (Å²) in [6.45, 7) is 0. The summed E-state index contributed by atoms with van der Waals surface area (Å²) in [5.41, 5.74) is 13.1. The maximum Gasteiger partial charge on any atom is 0.160 e. The summed E-state index contributed by atoms with van der Waals surface area (Å²) in [7, 11) is 0. The summed E-state index contributed by atoms with van der Waals surface area (Å²) in [6.07, 6.45) is 0. The van der Waals surface area contributed by atoms with Crippen LogP contribution in [0.25, 0.3) is 109 Å². The zero-order valence-electron chi connectivity index (χ0n) is 30.2. The molecule has 0 bridgehead atoms. The van der Waals surface area contributed by atoms with Gasteiger partial charge in [0.15, 0.2) is 5.82 Å². The molecule has 4 heteroatoms. The lowest BCUT2D eigenvalue weighted by atomic mass is 9.93. The van der Waals surface area contributed by atoms with Crippen molar-refractivity contribution in [1.29, 1.82) is 0 Å². The van der Waals surface area contributed by atoms with E-state index >= 15 is 0 Å². The van der Waals surface area contributed by atoms with Crippen LogP contribution in [0, 0.1) is 0 Å². The van der Waals surface area contributed by atoms with Gasteiger partial charge in [-0.2, -0.15) is 0 Å². The standard InChI is InChI=1S/C52H32N2OS/c1-3-13-33(14-4-1)38-28-39(41-21-12-22-44-42-19-7-9-23-48(42)55-51(41)44)30-40(29-38)47-32-46(53-52(54-47)34-15-5-2-6-16-34)37-18-11-17-35(27-37)36-25-26-50-45(31-36)43-20-8-10-24-49(43)56-50/h1-32H. The monoisotopic (exact) mass is 732 g/mol. The van der Waals surface area contributed by atoms with Gasteiger partial charge in [-0.3, -0.25) is 0 Å². The number of para-hydroxylation sites is 2. The van der Waals surface area contributed by atoms with Crippen molar-refractivity contribution < 1.29 is 4.42 Å². The zero-order valence-corrected chi connectivity index (χ0v) is 31.0. The Hall–Kier alpha value is -7.14. The number of hydrogen-bond donors (Lipinski definition) is 0. The zero-order chi connectivity index (χ0) is 37.0. The van der Waals surface area contributed by atoms with E-state index in [0.29, 0.717) is 5.82 Å². The van der Waals surface area contributed by atoms with Gasteiger partial charge in [-0.15, -0.1) is 11.3 Å². The third-order valence-electron chi connectivity index (χ3n) is 10.7. The molecule has 3 heterocycles. The number of fused-ring (bicyclic) bond motifs is 6. The number of furan rings is 1. The van der Waals surface area contributed by atoms with E-state index in [2.05, 4.69) is 164 Å². The van der Waals surface area contributed by atoms with E-state index in [9.17, 15) is 0 Å². The van der Waals surface area contributed by atoms with Crippen molar-refractivity contribution in [3.8, 4) is 67.3 Å². The SMILES string of the molecule is c1ccc(-c2cc(-c3cc(-c4cccc(-c5ccc6sc7ccccc7c6c5)c4)nc(-c4ccccc4)n3)cc(-c3cccc4c3oc3ccccc34)c2)cc1. The molecule has 0 atom stereocenters. The molecule has 8 aromatic carbocycles. The van der Waals surface area contributed by atoms with Gasteiger partial charge in [-0.05, 0) is 82.4 Å². The van der Waals surface area contributed by atoms with Crippen LogP contribution in [0.5, 0.6) is 0 Å². The maximum absolute atomic E-state index is 6.55. The number of thiophene rings is 1. The molecule has 0 amide bonds. The van der Waals surface area contributed by atoms with Crippen LogP contribution in [0.15, 0.2) is 199 Å². The van der Waals surface area contributed by atoms with Crippen molar-refractivity contribution >= 4 is 53.4 Å². The maximum atomic E-state index is 6.55. The Morgan fingerprint density at radius 3 is 1.79 bits per heavy atom. The highest BCUT2D eigenvalue weighted by Gasteiger charge is 2.17. The summed E-state index contributed by atoms with van der Waals surface area (Å²) < 4.78 is 9.15. The molecular weight excluding hydrogens is 701 g/mol. The minimum Gasteiger partial charge on any atom is -0.455 e. The first-order valence-electron chi connectivity index (χ1n) is 18.8. The Bertz CT molecular complexity index is 3250. The van der Waals surface area contributed by atoms with Crippen molar-refractivity contribution in [2.45, 2.75) is 0 Å². The van der Waals surface area contributed by atoms with E-state index in [4.69, 9.17) is 14.4 Å². The fraction of sp³-hybridized carbons (Fsp3) is 0. The molecule has 262 valence electrons. The molecule has 11 rings (SSSR count). The molecule has 0 fully saturated rings. The molecule has 0 saturated carbocycles. The van der Waals surface area contributed by atoms with Crippen LogP contribution < -0.4 is 0 Å². The van der Waals surface area contributed by atoms with Crippen molar-refractivity contribution in [2.75, 3.05) is 0 Å². The minimum atomic E-state index is 0.681. The van der Waals surface area contributed by atoms with Gasteiger partial charge in [-0.1, -0.05) is 140 Å². The lowest BCUT2D eigenvalue weighted by Crippen LogP contribution is -1.97. The number of rotatable bonds is 6. The Balaban J connectivity index is 1.10. The number of benzene rings is 8. The Morgan fingerprint density at radius 2 is 0.929 bits per heavy atom. The predicted octanol–water partition coefficient (Wildman–Crippen LogP) is 14.7. The second-order valence-corrected chi connectivity index (χ2v) is 15.2. The van der Waals surface area contributed by atoms with Crippen molar-refractivity contribution in [3.63, 3.8) is 0 Å². The number of hydrogen-bond acceptors (Lipinski definition) is 4. The van der Waals surface area contributed by atoms with Crippen molar-refractivity contribution in [1.82, 2.24) is 9.97 Å². The molecule has 0 saturated heterocycles. The third kappa shape index (κ3) is 5.67. The summed E-state index contributed by atoms with van der Waals surface area (Å²) in [5.74, 6) is 0.681. The van der Waals surface area contributed by atoms with Crippen LogP contribution >= 0.6 is 11.3 Å². The molecule has 11 aromatic rings. The highest BCUT2D eigenvalue weighted by molar-refractivity contribution is 7.25. The van der Waals surface area contributed by atoms with Crippen LogP contribution in [-0.4, -0.2) is 9.97 Å². The molecular formula is C52H32N2OS. The van der Waals surface area contributed by atoms with E-state index in [1.54, 1.807) is 0 Å². The lowest BCUT2D eigenvalue weighted by molar-refractivity contribution is 0.670. The number of nitrogens with zero attached hydrogens (tertiary/aromatic N) is 2.